The van der Waals surface area contributed by atoms with Crippen LogP contribution < -0.4 is 4.74 Å². The molecule has 8 aromatic carbocycles. The molecule has 8 aromatic heterocycles. The van der Waals surface area contributed by atoms with Crippen LogP contribution in [0.2, 0.25) is 25.1 Å². The molecule has 0 aliphatic rings. The first-order valence-electron chi connectivity index (χ1n) is 31.4. The highest BCUT2D eigenvalue weighted by Crippen LogP contribution is 2.42. The Morgan fingerprint density at radius 2 is 0.614 bits per heavy atom. The number of hydrogen-bond acceptors (Lipinski definition) is 15. The minimum absolute atomic E-state index is 0.114. The molecule has 0 radical (unpaired) electrons. The Morgan fingerprint density at radius 3 is 0.881 bits per heavy atom. The van der Waals surface area contributed by atoms with Gasteiger partial charge in [0.2, 0.25) is 0 Å². The molecule has 16 aromatic rings. The molecule has 24 heteroatoms. The number of rotatable bonds is 11. The van der Waals surface area contributed by atoms with E-state index in [2.05, 4.69) is 67.3 Å². The second-order valence-corrected chi connectivity index (χ2v) is 24.8. The first-order valence-corrected chi connectivity index (χ1v) is 33.3. The van der Waals surface area contributed by atoms with Crippen LogP contribution in [0, 0.1) is 11.3 Å². The number of carbonyl (C=O) groups excluding carboxylic acids is 1. The lowest BCUT2D eigenvalue weighted by Gasteiger charge is -2.05. The average molecular weight is 1430 g/mol. The minimum Gasteiger partial charge on any atom is -0.497 e. The molecule has 0 fully saturated rings. The van der Waals surface area contributed by atoms with Crippen molar-refractivity contribution in [2.24, 2.45) is 28.2 Å². The molecule has 101 heavy (non-hydrogen) atoms. The molecular weight excluding hydrogens is 1370 g/mol. The standard InChI is InChI=1S/C21H17ClN4O.C19H12ClN5.C19H15ClN4O.C18H12Cl2N4/c1-3-16(27)13-9-11-15(12-10-13)19-17-18(22)20(14-7-5-4-6-8-14)23-24-21(17)26(2)25-19;1-25-19-15(17(24-25)14-9-7-12(11-21)8-10-14)16(20)18(22-23-19)13-5-3-2-4-6-13;1-24-19-15(17(23-24)13-8-10-14(25-2)11-9-13)16(20)18(21-22-19)12-6-4-3-5-7-12;1-24-18-14(16(23-24)12-7-9-13(19)10-8-12)15(20)17(21-22-18)11-5-3-2-4-6-11/h4-12H,3H2,1-2H3;2-10H,1H3;3-11H,1-2H3;2-10H,1H3. The molecule has 0 bridgehead atoms. The fourth-order valence-corrected chi connectivity index (χ4v) is 12.8. The fraction of sp³-hybridized carbons (Fsp3) is 0.0909. The van der Waals surface area contributed by atoms with Gasteiger partial charge in [-0.25, -0.2) is 18.7 Å². The van der Waals surface area contributed by atoms with Gasteiger partial charge in [0.25, 0.3) is 0 Å². The zero-order chi connectivity index (χ0) is 70.4. The molecule has 0 saturated carbocycles. The van der Waals surface area contributed by atoms with E-state index in [-0.39, 0.29) is 5.78 Å². The van der Waals surface area contributed by atoms with Crippen molar-refractivity contribution in [2.45, 2.75) is 13.3 Å². The summed E-state index contributed by atoms with van der Waals surface area (Å²) >= 11 is 32.8. The van der Waals surface area contributed by atoms with Crippen LogP contribution in [-0.2, 0) is 28.2 Å². The summed E-state index contributed by atoms with van der Waals surface area (Å²) in [6, 6.07) is 70.9. The monoisotopic (exact) mass is 1430 g/mol. The average Bonchev–Trinajstić information content (AvgIpc) is 1.66. The van der Waals surface area contributed by atoms with Gasteiger partial charge in [-0.1, -0.05) is 235 Å². The van der Waals surface area contributed by atoms with Gasteiger partial charge in [-0.05, 0) is 48.5 Å². The van der Waals surface area contributed by atoms with E-state index in [9.17, 15) is 4.79 Å². The Kier molecular flexibility index (Phi) is 20.1. The molecule has 0 spiro atoms. The number of benzene rings is 8. The number of nitriles is 1. The third-order valence-electron chi connectivity index (χ3n) is 16.5. The summed E-state index contributed by atoms with van der Waals surface area (Å²) in [6.07, 6.45) is 0.480. The topological polar surface area (TPSA) is 224 Å². The van der Waals surface area contributed by atoms with Gasteiger partial charge in [-0.3, -0.25) is 4.79 Å². The van der Waals surface area contributed by atoms with Gasteiger partial charge in [0.05, 0.1) is 60.4 Å². The number of aryl methyl sites for hydroxylation is 4. The number of hydrogen-bond donors (Lipinski definition) is 0. The first kappa shape index (κ1) is 67.9. The van der Waals surface area contributed by atoms with Gasteiger partial charge in [0.1, 0.15) is 51.3 Å². The van der Waals surface area contributed by atoms with Crippen LogP contribution in [0.3, 0.4) is 0 Å². The Hall–Kier alpha value is -11.6. The van der Waals surface area contributed by atoms with Crippen molar-refractivity contribution >= 4 is 108 Å². The Balaban J connectivity index is 0.000000120. The summed E-state index contributed by atoms with van der Waals surface area (Å²) in [7, 11) is 8.93. The highest BCUT2D eigenvalue weighted by Gasteiger charge is 2.25. The number of nitrogens with zero attached hydrogens (tertiary/aromatic N) is 17. The zero-order valence-electron chi connectivity index (χ0n) is 54.8. The van der Waals surface area contributed by atoms with Crippen LogP contribution in [0.25, 0.3) is 134 Å². The van der Waals surface area contributed by atoms with E-state index in [1.54, 1.807) is 38.0 Å². The predicted octanol–water partition coefficient (Wildman–Crippen LogP) is 18.5. The molecule has 8 heterocycles. The predicted molar refractivity (Wildman–Crippen MR) is 400 cm³/mol. The van der Waals surface area contributed by atoms with E-state index in [0.717, 1.165) is 94.6 Å². The Labute approximate surface area is 603 Å². The smallest absolute Gasteiger partial charge is 0.182 e. The van der Waals surface area contributed by atoms with Gasteiger partial charge in [-0.15, -0.1) is 40.8 Å². The minimum atomic E-state index is 0.114. The van der Waals surface area contributed by atoms with Crippen LogP contribution in [0.5, 0.6) is 5.75 Å². The van der Waals surface area contributed by atoms with Crippen LogP contribution >= 0.6 is 58.0 Å². The molecule has 0 N–H and O–H groups in total. The normalized spacial score (nSPS) is 11.0. The number of Topliss-reactive ketones (excluding diaryl/α,β-unsaturated/α-hetero) is 1. The molecule has 0 unspecified atom stereocenters. The number of ether oxygens (including phenoxy) is 1. The molecule has 0 saturated heterocycles. The van der Waals surface area contributed by atoms with E-state index in [4.69, 9.17) is 68.0 Å². The van der Waals surface area contributed by atoms with Gasteiger partial charge in [-0.2, -0.15) is 25.7 Å². The molecule has 0 atom stereocenters. The Bertz CT molecular complexity index is 5740. The number of carbonyl (C=O) groups is 1. The maximum atomic E-state index is 11.9. The number of aromatic nitrogens is 16. The van der Waals surface area contributed by atoms with Gasteiger partial charge in [0, 0.05) is 89.7 Å². The largest absolute Gasteiger partial charge is 0.497 e. The van der Waals surface area contributed by atoms with Crippen molar-refractivity contribution in [2.75, 3.05) is 7.11 Å². The number of ketones is 1. The van der Waals surface area contributed by atoms with Crippen molar-refractivity contribution < 1.29 is 9.53 Å². The molecule has 0 amide bonds. The first-order chi connectivity index (χ1) is 49.1. The highest BCUT2D eigenvalue weighted by molar-refractivity contribution is 6.40. The number of methoxy groups -OCH3 is 1. The number of fused-ring (bicyclic) bond motifs is 4. The van der Waals surface area contributed by atoms with E-state index in [1.807, 2.05) is 241 Å². The molecule has 0 aliphatic carbocycles. The lowest BCUT2D eigenvalue weighted by Crippen LogP contribution is -1.95. The zero-order valence-corrected chi connectivity index (χ0v) is 58.6. The highest BCUT2D eigenvalue weighted by atomic mass is 35.5. The second-order valence-electron chi connectivity index (χ2n) is 22.9. The van der Waals surface area contributed by atoms with E-state index in [1.165, 1.54) is 0 Å². The summed E-state index contributed by atoms with van der Waals surface area (Å²) in [5.41, 5.74) is 16.6. The maximum Gasteiger partial charge on any atom is 0.182 e. The third kappa shape index (κ3) is 13.8. The second kappa shape index (κ2) is 29.8. The summed E-state index contributed by atoms with van der Waals surface area (Å²) in [5, 5.41) is 67.7. The summed E-state index contributed by atoms with van der Waals surface area (Å²) in [5.74, 6) is 0.905. The summed E-state index contributed by atoms with van der Waals surface area (Å²) < 4.78 is 11.9. The summed E-state index contributed by atoms with van der Waals surface area (Å²) in [6.45, 7) is 1.85. The SMILES string of the molecule is CCC(=O)c1ccc(-c2nn(C)c3nnc(-c4ccccc4)c(Cl)c23)cc1.COc1ccc(-c2nn(C)c3nnc(-c4ccccc4)c(Cl)c23)cc1.Cn1nc(-c2ccc(C#N)cc2)c2c(Cl)c(-c3ccccc3)nnc21.Cn1nc(-c2ccc(Cl)cc2)c2c(Cl)c(-c3ccccc3)nnc21. The van der Waals surface area contributed by atoms with Crippen LogP contribution in [-0.4, -0.2) is 92.8 Å². The Morgan fingerprint density at radius 1 is 0.356 bits per heavy atom. The van der Waals surface area contributed by atoms with Gasteiger partial charge >= 0.3 is 0 Å². The van der Waals surface area contributed by atoms with Crippen molar-refractivity contribution in [1.29, 1.82) is 5.26 Å². The van der Waals surface area contributed by atoms with E-state index < -0.39 is 0 Å². The number of halogens is 5. The molecule has 496 valence electrons. The molecular formula is C77H56Cl5N17O2. The lowest BCUT2D eigenvalue weighted by molar-refractivity contribution is 0.0988. The lowest BCUT2D eigenvalue weighted by atomic mass is 10.0. The van der Waals surface area contributed by atoms with Crippen molar-refractivity contribution in [3.05, 3.63) is 255 Å². The van der Waals surface area contributed by atoms with Gasteiger partial charge < -0.3 is 4.74 Å². The van der Waals surface area contributed by atoms with Crippen molar-refractivity contribution in [3.8, 4) is 102 Å². The fourth-order valence-electron chi connectivity index (χ4n) is 11.4. The van der Waals surface area contributed by atoms with Crippen molar-refractivity contribution in [1.82, 2.24) is 79.9 Å². The summed E-state index contributed by atoms with van der Waals surface area (Å²) in [4.78, 5) is 11.9. The van der Waals surface area contributed by atoms with Crippen molar-refractivity contribution in [3.63, 3.8) is 0 Å². The van der Waals surface area contributed by atoms with Gasteiger partial charge in [0.15, 0.2) is 28.4 Å². The van der Waals surface area contributed by atoms with E-state index >= 15 is 0 Å². The molecule has 16 rings (SSSR count). The van der Waals surface area contributed by atoms with E-state index in [0.29, 0.717) is 88.0 Å². The van der Waals surface area contributed by atoms with Crippen LogP contribution in [0.1, 0.15) is 29.3 Å². The molecule has 0 aliphatic heterocycles. The third-order valence-corrected chi connectivity index (χ3v) is 18.2. The molecule has 19 nitrogen and oxygen atoms in total. The van der Waals surface area contributed by atoms with Crippen LogP contribution in [0.15, 0.2) is 218 Å². The maximum absolute atomic E-state index is 11.9. The van der Waals surface area contributed by atoms with Crippen LogP contribution in [0.4, 0.5) is 0 Å². The quantitative estimate of drug-likeness (QED) is 0.110.